The molecule has 0 spiro atoms. The van der Waals surface area contributed by atoms with Gasteiger partial charge in [-0.2, -0.15) is 0 Å². The molecule has 29 heavy (non-hydrogen) atoms. The molecule has 2 N–H and O–H groups in total. The number of aliphatic imine (C=N–C) groups is 1. The average molecular weight is 405 g/mol. The second-order valence-electron chi connectivity index (χ2n) is 7.50. The van der Waals surface area contributed by atoms with Crippen LogP contribution in [0.4, 0.5) is 0 Å². The zero-order chi connectivity index (χ0) is 20.9. The third kappa shape index (κ3) is 9.17. The maximum atomic E-state index is 11.9. The molecule has 7 heteroatoms. The first-order valence-electron chi connectivity index (χ1n) is 10.6. The fraction of sp³-hybridized carbons (Fsp3) is 0.636. The highest BCUT2D eigenvalue weighted by molar-refractivity contribution is 5.84. The molecule has 162 valence electrons. The van der Waals surface area contributed by atoms with Gasteiger partial charge in [-0.3, -0.25) is 4.79 Å². The summed E-state index contributed by atoms with van der Waals surface area (Å²) >= 11 is 0. The maximum absolute atomic E-state index is 11.9. The first kappa shape index (κ1) is 23.0. The Bertz CT molecular complexity index is 643. The molecule has 1 aliphatic rings. The van der Waals surface area contributed by atoms with Crippen LogP contribution in [0.5, 0.6) is 5.75 Å². The molecule has 1 aromatic rings. The number of hydrogen-bond acceptors (Lipinski definition) is 4. The Morgan fingerprint density at radius 1 is 1.31 bits per heavy atom. The molecule has 1 aromatic carbocycles. The second kappa shape index (κ2) is 13.0. The smallest absolute Gasteiger partial charge is 0.243 e. The van der Waals surface area contributed by atoms with E-state index >= 15 is 0 Å². The van der Waals surface area contributed by atoms with Crippen molar-refractivity contribution in [2.75, 3.05) is 46.9 Å². The minimum atomic E-state index is -0.0270. The van der Waals surface area contributed by atoms with Crippen molar-refractivity contribution in [3.8, 4) is 5.75 Å². The minimum Gasteiger partial charge on any atom is -0.494 e. The predicted molar refractivity (Wildman–Crippen MR) is 117 cm³/mol. The lowest BCUT2D eigenvalue weighted by Gasteiger charge is -2.24. The summed E-state index contributed by atoms with van der Waals surface area (Å²) in [6.07, 6.45) is 5.42. The fourth-order valence-corrected chi connectivity index (χ4v) is 2.98. The van der Waals surface area contributed by atoms with Crippen molar-refractivity contribution in [1.29, 1.82) is 0 Å². The van der Waals surface area contributed by atoms with E-state index in [1.54, 1.807) is 19.0 Å². The largest absolute Gasteiger partial charge is 0.494 e. The second-order valence-corrected chi connectivity index (χ2v) is 7.50. The summed E-state index contributed by atoms with van der Waals surface area (Å²) in [5.41, 5.74) is 1.20. The van der Waals surface area contributed by atoms with Crippen molar-refractivity contribution in [2.24, 2.45) is 4.99 Å². The Balaban J connectivity index is 1.86. The van der Waals surface area contributed by atoms with Crippen LogP contribution in [0.3, 0.4) is 0 Å². The molecule has 1 saturated heterocycles. The molecule has 0 saturated carbocycles. The van der Waals surface area contributed by atoms with E-state index < -0.39 is 0 Å². The van der Waals surface area contributed by atoms with Crippen LogP contribution in [0.15, 0.2) is 29.3 Å². The van der Waals surface area contributed by atoms with Crippen molar-refractivity contribution >= 4 is 11.9 Å². The zero-order valence-corrected chi connectivity index (χ0v) is 18.1. The Morgan fingerprint density at radius 3 is 2.90 bits per heavy atom. The average Bonchev–Trinajstić information content (AvgIpc) is 2.74. The number of hydrogen-bond donors (Lipinski definition) is 2. The highest BCUT2D eigenvalue weighted by Gasteiger charge is 2.14. The first-order valence-corrected chi connectivity index (χ1v) is 10.6. The molecule has 1 heterocycles. The van der Waals surface area contributed by atoms with Gasteiger partial charge >= 0.3 is 0 Å². The number of nitrogens with one attached hydrogen (secondary N) is 2. The summed E-state index contributed by atoms with van der Waals surface area (Å²) in [6.45, 7) is 5.18. The number of carbonyl (C=O) groups is 1. The van der Waals surface area contributed by atoms with Gasteiger partial charge in [0.2, 0.25) is 5.91 Å². The van der Waals surface area contributed by atoms with Crippen LogP contribution in [0.1, 0.15) is 38.2 Å². The lowest BCUT2D eigenvalue weighted by atomic mass is 10.1. The van der Waals surface area contributed by atoms with Gasteiger partial charge < -0.3 is 25.0 Å². The van der Waals surface area contributed by atoms with Crippen LogP contribution >= 0.6 is 0 Å². The lowest BCUT2D eigenvalue weighted by Crippen LogP contribution is -2.43. The normalized spacial score (nSPS) is 16.9. The van der Waals surface area contributed by atoms with Crippen LogP contribution in [0.2, 0.25) is 0 Å². The van der Waals surface area contributed by atoms with E-state index in [0.29, 0.717) is 19.0 Å². The van der Waals surface area contributed by atoms with Crippen molar-refractivity contribution in [3.05, 3.63) is 29.8 Å². The van der Waals surface area contributed by atoms with Gasteiger partial charge in [0, 0.05) is 33.8 Å². The molecule has 0 aromatic heterocycles. The summed E-state index contributed by atoms with van der Waals surface area (Å²) < 4.78 is 11.5. The zero-order valence-electron chi connectivity index (χ0n) is 18.1. The Hall–Kier alpha value is -2.28. The van der Waals surface area contributed by atoms with Gasteiger partial charge in [-0.05, 0) is 49.8 Å². The van der Waals surface area contributed by atoms with Crippen LogP contribution in [0, 0.1) is 0 Å². The van der Waals surface area contributed by atoms with Crippen LogP contribution < -0.4 is 15.4 Å². The number of rotatable bonds is 10. The van der Waals surface area contributed by atoms with Gasteiger partial charge in [-0.1, -0.05) is 19.1 Å². The SMILES string of the molecule is CCCOc1cccc(CCNC(=NCC(=O)N(C)C)NCC2CCCCO2)c1. The monoisotopic (exact) mass is 404 g/mol. The van der Waals surface area contributed by atoms with Gasteiger partial charge in [-0.25, -0.2) is 4.99 Å². The van der Waals surface area contributed by atoms with E-state index in [4.69, 9.17) is 9.47 Å². The van der Waals surface area contributed by atoms with Gasteiger partial charge in [0.15, 0.2) is 5.96 Å². The number of amides is 1. The molecule has 1 fully saturated rings. The molecule has 1 atom stereocenters. The Labute approximate surface area is 174 Å². The first-order chi connectivity index (χ1) is 14.1. The standard InChI is InChI=1S/C22H36N4O3/c1-4-13-28-19-10-7-8-18(15-19)11-12-23-22(25-17-21(27)26(2)3)24-16-20-9-5-6-14-29-20/h7-8,10,15,20H,4-6,9,11-14,16-17H2,1-3H3,(H2,23,24,25). The molecule has 1 aliphatic heterocycles. The van der Waals surface area contributed by atoms with Crippen LogP contribution in [-0.4, -0.2) is 69.8 Å². The number of carbonyl (C=O) groups excluding carboxylic acids is 1. The summed E-state index contributed by atoms with van der Waals surface area (Å²) in [7, 11) is 3.48. The lowest BCUT2D eigenvalue weighted by molar-refractivity contribution is -0.127. The quantitative estimate of drug-likeness (QED) is 0.462. The highest BCUT2D eigenvalue weighted by Crippen LogP contribution is 2.14. The van der Waals surface area contributed by atoms with Crippen molar-refractivity contribution < 1.29 is 14.3 Å². The third-order valence-electron chi connectivity index (χ3n) is 4.72. The van der Waals surface area contributed by atoms with Gasteiger partial charge in [0.25, 0.3) is 0 Å². The molecule has 0 bridgehead atoms. The van der Waals surface area contributed by atoms with Crippen molar-refractivity contribution in [1.82, 2.24) is 15.5 Å². The number of benzene rings is 1. The van der Waals surface area contributed by atoms with Crippen molar-refractivity contribution in [2.45, 2.75) is 45.1 Å². The molecule has 7 nitrogen and oxygen atoms in total. The minimum absolute atomic E-state index is 0.0270. The Morgan fingerprint density at radius 2 is 2.17 bits per heavy atom. The van der Waals surface area contributed by atoms with Gasteiger partial charge in [0.05, 0.1) is 12.7 Å². The molecule has 1 amide bonds. The number of guanidine groups is 1. The molecule has 0 aliphatic carbocycles. The van der Waals surface area contributed by atoms with E-state index in [1.165, 1.54) is 12.0 Å². The van der Waals surface area contributed by atoms with E-state index in [1.807, 2.05) is 12.1 Å². The summed E-state index contributed by atoms with van der Waals surface area (Å²) in [6, 6.07) is 8.17. The number of likely N-dealkylation sites (N-methyl/N-ethyl adjacent to an activating group) is 1. The van der Waals surface area contributed by atoms with Crippen LogP contribution in [0.25, 0.3) is 0 Å². The number of nitrogens with zero attached hydrogens (tertiary/aromatic N) is 2. The maximum Gasteiger partial charge on any atom is 0.243 e. The molecular weight excluding hydrogens is 368 g/mol. The summed E-state index contributed by atoms with van der Waals surface area (Å²) in [5, 5.41) is 6.66. The van der Waals surface area contributed by atoms with E-state index in [9.17, 15) is 4.79 Å². The molecular formula is C22H36N4O3. The third-order valence-corrected chi connectivity index (χ3v) is 4.72. The van der Waals surface area contributed by atoms with E-state index in [0.717, 1.165) is 44.6 Å². The Kier molecular flexibility index (Phi) is 10.3. The number of ether oxygens (including phenoxy) is 2. The predicted octanol–water partition coefficient (Wildman–Crippen LogP) is 2.21. The molecule has 2 rings (SSSR count). The van der Waals surface area contributed by atoms with E-state index in [2.05, 4.69) is 34.7 Å². The fourth-order valence-electron chi connectivity index (χ4n) is 2.98. The van der Waals surface area contributed by atoms with Gasteiger partial charge in [0.1, 0.15) is 12.3 Å². The molecule has 0 radical (unpaired) electrons. The summed E-state index contributed by atoms with van der Waals surface area (Å²) in [5.74, 6) is 1.52. The van der Waals surface area contributed by atoms with E-state index in [-0.39, 0.29) is 18.6 Å². The van der Waals surface area contributed by atoms with Gasteiger partial charge in [-0.15, -0.1) is 0 Å². The highest BCUT2D eigenvalue weighted by atomic mass is 16.5. The molecule has 1 unspecified atom stereocenters. The summed E-state index contributed by atoms with van der Waals surface area (Å²) in [4.78, 5) is 17.9. The van der Waals surface area contributed by atoms with Crippen LogP contribution in [-0.2, 0) is 16.0 Å². The topological polar surface area (TPSA) is 75.2 Å². The van der Waals surface area contributed by atoms with Crippen molar-refractivity contribution in [3.63, 3.8) is 0 Å².